The van der Waals surface area contributed by atoms with Crippen LogP contribution in [0, 0.1) is 0 Å². The maximum atomic E-state index is 10.9. The molecule has 0 aromatic carbocycles. The van der Waals surface area contributed by atoms with Crippen LogP contribution in [0.15, 0.2) is 23.0 Å². The number of furan rings is 1. The van der Waals surface area contributed by atoms with Crippen molar-refractivity contribution in [1.29, 1.82) is 0 Å². The maximum absolute atomic E-state index is 10.9. The Labute approximate surface area is 69.1 Å². The Morgan fingerprint density at radius 1 is 1.58 bits per heavy atom. The van der Waals surface area contributed by atoms with Crippen LogP contribution in [0.3, 0.4) is 0 Å². The van der Waals surface area contributed by atoms with Crippen molar-refractivity contribution >= 4 is 16.1 Å². The average Bonchev–Trinajstić information content (AvgIpc) is 2.32. The van der Waals surface area contributed by atoms with Crippen molar-refractivity contribution in [3.63, 3.8) is 0 Å². The second-order valence-electron chi connectivity index (χ2n) is 2.09. The summed E-state index contributed by atoms with van der Waals surface area (Å²) in [6, 6.07) is 1.31. The van der Waals surface area contributed by atoms with Gasteiger partial charge in [-0.1, -0.05) is 0 Å². The fraction of sp³-hybridized carbons (Fsp3) is 0.167. The molecule has 0 atom stereocenters. The number of carbonyl (C=O) groups is 1. The van der Waals surface area contributed by atoms with Gasteiger partial charge in [0.25, 0.3) is 0 Å². The largest absolute Gasteiger partial charge is 0.472 e. The minimum absolute atomic E-state index is 0.0698. The molecule has 0 saturated heterocycles. The standard InChI is InChI=1S/C6H6O5S/c1-12(8,9)11-6(7)5-2-3-10-4-5/h2-4H,1H3. The van der Waals surface area contributed by atoms with Gasteiger partial charge in [-0.05, 0) is 6.07 Å². The van der Waals surface area contributed by atoms with Gasteiger partial charge < -0.3 is 8.60 Å². The van der Waals surface area contributed by atoms with E-state index in [-0.39, 0.29) is 5.56 Å². The molecule has 12 heavy (non-hydrogen) atoms. The summed E-state index contributed by atoms with van der Waals surface area (Å²) >= 11 is 0. The Kier molecular flexibility index (Phi) is 2.18. The maximum Gasteiger partial charge on any atom is 0.356 e. The minimum Gasteiger partial charge on any atom is -0.472 e. The van der Waals surface area contributed by atoms with Crippen LogP contribution < -0.4 is 0 Å². The molecule has 0 aliphatic rings. The molecule has 0 fully saturated rings. The lowest BCUT2D eigenvalue weighted by atomic mass is 10.4. The fourth-order valence-corrected chi connectivity index (χ4v) is 0.937. The molecular formula is C6H6O5S. The van der Waals surface area contributed by atoms with Crippen molar-refractivity contribution in [3.8, 4) is 0 Å². The van der Waals surface area contributed by atoms with Crippen LogP contribution in [0.5, 0.6) is 0 Å². The van der Waals surface area contributed by atoms with Crippen LogP contribution in [0.1, 0.15) is 10.4 Å². The summed E-state index contributed by atoms with van der Waals surface area (Å²) in [6.07, 6.45) is 3.15. The highest BCUT2D eigenvalue weighted by Crippen LogP contribution is 2.03. The highest BCUT2D eigenvalue weighted by molar-refractivity contribution is 7.86. The molecule has 0 unspecified atom stereocenters. The summed E-state index contributed by atoms with van der Waals surface area (Å²) in [5.41, 5.74) is 0.0698. The minimum atomic E-state index is -3.74. The van der Waals surface area contributed by atoms with Crippen LogP contribution in [0.2, 0.25) is 0 Å². The van der Waals surface area contributed by atoms with Gasteiger partial charge in [0.2, 0.25) is 0 Å². The number of carbonyl (C=O) groups excluding carboxylic acids is 1. The molecule has 0 radical (unpaired) electrons. The lowest BCUT2D eigenvalue weighted by Crippen LogP contribution is -2.10. The summed E-state index contributed by atoms with van der Waals surface area (Å²) in [5.74, 6) is -0.939. The van der Waals surface area contributed by atoms with Gasteiger partial charge in [-0.3, -0.25) is 0 Å². The van der Waals surface area contributed by atoms with E-state index < -0.39 is 16.1 Å². The zero-order valence-electron chi connectivity index (χ0n) is 6.18. The topological polar surface area (TPSA) is 73.6 Å². The lowest BCUT2D eigenvalue weighted by molar-refractivity contribution is 0.0747. The first-order chi connectivity index (χ1) is 5.49. The summed E-state index contributed by atoms with van der Waals surface area (Å²) in [7, 11) is -3.74. The molecule has 0 aliphatic heterocycles. The zero-order valence-corrected chi connectivity index (χ0v) is 7.00. The number of hydrogen-bond donors (Lipinski definition) is 0. The Balaban J connectivity index is 2.76. The van der Waals surface area contributed by atoms with Crippen molar-refractivity contribution in [1.82, 2.24) is 0 Å². The highest BCUT2D eigenvalue weighted by atomic mass is 32.2. The predicted molar refractivity (Wildman–Crippen MR) is 39.0 cm³/mol. The first-order valence-corrected chi connectivity index (χ1v) is 4.77. The van der Waals surface area contributed by atoms with E-state index in [4.69, 9.17) is 0 Å². The van der Waals surface area contributed by atoms with E-state index in [0.717, 1.165) is 12.5 Å². The van der Waals surface area contributed by atoms with Crippen LogP contribution >= 0.6 is 0 Å². The average molecular weight is 190 g/mol. The number of hydrogen-bond acceptors (Lipinski definition) is 5. The van der Waals surface area contributed by atoms with E-state index in [1.807, 2.05) is 0 Å². The van der Waals surface area contributed by atoms with Gasteiger partial charge in [-0.15, -0.1) is 0 Å². The molecular weight excluding hydrogens is 184 g/mol. The van der Waals surface area contributed by atoms with E-state index in [9.17, 15) is 13.2 Å². The van der Waals surface area contributed by atoms with Gasteiger partial charge in [0, 0.05) is 0 Å². The van der Waals surface area contributed by atoms with Crippen molar-refractivity contribution in [2.24, 2.45) is 0 Å². The highest BCUT2D eigenvalue weighted by Gasteiger charge is 2.13. The van der Waals surface area contributed by atoms with Crippen LogP contribution in [-0.4, -0.2) is 20.6 Å². The molecule has 0 saturated carbocycles. The molecule has 1 aromatic rings. The molecule has 5 nitrogen and oxygen atoms in total. The third kappa shape index (κ3) is 2.39. The summed E-state index contributed by atoms with van der Waals surface area (Å²) < 4.78 is 29.5. The smallest absolute Gasteiger partial charge is 0.356 e. The quantitative estimate of drug-likeness (QED) is 0.631. The molecule has 6 heteroatoms. The monoisotopic (exact) mass is 190 g/mol. The molecule has 1 rings (SSSR count). The SMILES string of the molecule is CS(=O)(=O)OC(=O)c1ccoc1. The van der Waals surface area contributed by atoms with E-state index in [1.54, 1.807) is 0 Å². The van der Waals surface area contributed by atoms with E-state index >= 15 is 0 Å². The Bertz CT molecular complexity index is 361. The van der Waals surface area contributed by atoms with Gasteiger partial charge in [-0.2, -0.15) is 8.42 Å². The molecule has 0 aliphatic carbocycles. The fourth-order valence-electron chi connectivity index (χ4n) is 0.566. The predicted octanol–water partition coefficient (Wildman–Crippen LogP) is 0.396. The third-order valence-electron chi connectivity index (χ3n) is 0.984. The van der Waals surface area contributed by atoms with Gasteiger partial charge in [0.05, 0.1) is 18.1 Å². The van der Waals surface area contributed by atoms with E-state index in [2.05, 4.69) is 8.60 Å². The first kappa shape index (κ1) is 8.79. The molecule has 0 amide bonds. The van der Waals surface area contributed by atoms with Crippen LogP contribution in [-0.2, 0) is 14.3 Å². The summed E-state index contributed by atoms with van der Waals surface area (Å²) in [6.45, 7) is 0. The molecule has 0 bridgehead atoms. The first-order valence-electron chi connectivity index (χ1n) is 2.95. The third-order valence-corrected chi connectivity index (χ3v) is 1.44. The Hall–Kier alpha value is -1.30. The van der Waals surface area contributed by atoms with Gasteiger partial charge in [0.1, 0.15) is 6.26 Å². The van der Waals surface area contributed by atoms with Crippen LogP contribution in [0.25, 0.3) is 0 Å². The van der Waals surface area contributed by atoms with Gasteiger partial charge >= 0.3 is 16.1 Å². The second-order valence-corrected chi connectivity index (χ2v) is 3.66. The zero-order chi connectivity index (χ0) is 9.19. The molecule has 0 spiro atoms. The normalized spacial score (nSPS) is 11.1. The van der Waals surface area contributed by atoms with Crippen molar-refractivity contribution in [2.45, 2.75) is 0 Å². The van der Waals surface area contributed by atoms with Crippen molar-refractivity contribution < 1.29 is 21.8 Å². The van der Waals surface area contributed by atoms with Gasteiger partial charge in [-0.25, -0.2) is 4.79 Å². The van der Waals surface area contributed by atoms with Crippen molar-refractivity contribution in [3.05, 3.63) is 24.2 Å². The van der Waals surface area contributed by atoms with Gasteiger partial charge in [0.15, 0.2) is 0 Å². The van der Waals surface area contributed by atoms with Crippen molar-refractivity contribution in [2.75, 3.05) is 6.26 Å². The molecule has 0 N–H and O–H groups in total. The summed E-state index contributed by atoms with van der Waals surface area (Å²) in [4.78, 5) is 10.9. The molecule has 1 aromatic heterocycles. The molecule has 1 heterocycles. The molecule has 66 valence electrons. The summed E-state index contributed by atoms with van der Waals surface area (Å²) in [5, 5.41) is 0. The van der Waals surface area contributed by atoms with E-state index in [0.29, 0.717) is 0 Å². The van der Waals surface area contributed by atoms with Crippen LogP contribution in [0.4, 0.5) is 0 Å². The Morgan fingerprint density at radius 3 is 2.67 bits per heavy atom. The van der Waals surface area contributed by atoms with E-state index in [1.165, 1.54) is 12.3 Å². The number of rotatable bonds is 2. The lowest BCUT2D eigenvalue weighted by Gasteiger charge is -1.96. The Morgan fingerprint density at radius 2 is 2.25 bits per heavy atom. The second kappa shape index (κ2) is 2.98.